The van der Waals surface area contributed by atoms with E-state index in [2.05, 4.69) is 20.8 Å². The molecule has 130 valence electrons. The molecule has 1 spiro atoms. The van der Waals surface area contributed by atoms with Gasteiger partial charge in [-0.3, -0.25) is 9.59 Å². The van der Waals surface area contributed by atoms with E-state index in [4.69, 9.17) is 9.84 Å². The number of hydrogen-bond acceptors (Lipinski definition) is 4. The van der Waals surface area contributed by atoms with E-state index in [1.807, 2.05) is 0 Å². The normalized spacial score (nSPS) is 24.2. The van der Waals surface area contributed by atoms with Crippen molar-refractivity contribution in [3.05, 3.63) is 0 Å². The summed E-state index contributed by atoms with van der Waals surface area (Å²) in [5.74, 6) is -0.466. The van der Waals surface area contributed by atoms with E-state index < -0.39 is 12.1 Å². The molecule has 0 aliphatic carbocycles. The number of methoxy groups -OCH3 is 1. The summed E-state index contributed by atoms with van der Waals surface area (Å²) >= 11 is 0. The standard InChI is InChI=1S/C16H26N2O5/c1-15(2,3)13-16(5-7-17(8-6-16)14(21)22)9-11(19)18(13)10-12(20)23-4/h13H,5-10H2,1-4H3,(H,21,22). The quantitative estimate of drug-likeness (QED) is 0.778. The fraction of sp³-hybridized carbons (Fsp3) is 0.812. The molecule has 0 aromatic heterocycles. The number of likely N-dealkylation sites (tertiary alicyclic amines) is 2. The van der Waals surface area contributed by atoms with Crippen LogP contribution in [0, 0.1) is 10.8 Å². The Morgan fingerprint density at radius 1 is 1.30 bits per heavy atom. The molecule has 0 aromatic rings. The van der Waals surface area contributed by atoms with Gasteiger partial charge in [-0.15, -0.1) is 0 Å². The van der Waals surface area contributed by atoms with Crippen LogP contribution < -0.4 is 0 Å². The fourth-order valence-corrected chi connectivity index (χ4v) is 4.34. The summed E-state index contributed by atoms with van der Waals surface area (Å²) in [5, 5.41) is 9.14. The number of rotatable bonds is 2. The maximum Gasteiger partial charge on any atom is 0.407 e. The van der Waals surface area contributed by atoms with Gasteiger partial charge in [0, 0.05) is 31.0 Å². The maximum absolute atomic E-state index is 12.6. The number of carbonyl (C=O) groups is 3. The summed E-state index contributed by atoms with van der Waals surface area (Å²) in [4.78, 5) is 38.4. The third-order valence-electron chi connectivity index (χ3n) is 5.09. The first-order valence-electron chi connectivity index (χ1n) is 7.95. The molecule has 1 unspecified atom stereocenters. The maximum atomic E-state index is 12.6. The fourth-order valence-electron chi connectivity index (χ4n) is 4.34. The van der Waals surface area contributed by atoms with Gasteiger partial charge in [-0.1, -0.05) is 20.8 Å². The summed E-state index contributed by atoms with van der Waals surface area (Å²) in [7, 11) is 1.32. The number of amides is 2. The molecule has 1 atom stereocenters. The van der Waals surface area contributed by atoms with Crippen LogP contribution in [0.3, 0.4) is 0 Å². The van der Waals surface area contributed by atoms with Crippen LogP contribution in [0.1, 0.15) is 40.0 Å². The van der Waals surface area contributed by atoms with Gasteiger partial charge in [-0.25, -0.2) is 4.79 Å². The average Bonchev–Trinajstić information content (AvgIpc) is 2.71. The lowest BCUT2D eigenvalue weighted by molar-refractivity contribution is -0.148. The van der Waals surface area contributed by atoms with Crippen molar-refractivity contribution >= 4 is 18.0 Å². The third kappa shape index (κ3) is 3.28. The monoisotopic (exact) mass is 326 g/mol. The number of esters is 1. The topological polar surface area (TPSA) is 87.2 Å². The first-order valence-corrected chi connectivity index (χ1v) is 7.95. The molecule has 0 aromatic carbocycles. The van der Waals surface area contributed by atoms with Crippen LogP contribution in [0.15, 0.2) is 0 Å². The van der Waals surface area contributed by atoms with Gasteiger partial charge < -0.3 is 19.6 Å². The molecule has 2 amide bonds. The summed E-state index contributed by atoms with van der Waals surface area (Å²) in [5.41, 5.74) is -0.471. The van der Waals surface area contributed by atoms with Gasteiger partial charge in [-0.2, -0.15) is 0 Å². The molecule has 0 radical (unpaired) electrons. The van der Waals surface area contributed by atoms with Crippen molar-refractivity contribution in [3.63, 3.8) is 0 Å². The number of nitrogens with zero attached hydrogens (tertiary/aromatic N) is 2. The molecule has 2 aliphatic heterocycles. The zero-order valence-corrected chi connectivity index (χ0v) is 14.3. The summed E-state index contributed by atoms with van der Waals surface area (Å²) in [6.07, 6.45) is 0.747. The molecule has 0 bridgehead atoms. The number of ether oxygens (including phenoxy) is 1. The lowest BCUT2D eigenvalue weighted by Crippen LogP contribution is -2.54. The van der Waals surface area contributed by atoms with Gasteiger partial charge in [-0.05, 0) is 18.3 Å². The second-order valence-electron chi connectivity index (χ2n) is 7.68. The predicted molar refractivity (Wildman–Crippen MR) is 82.9 cm³/mol. The van der Waals surface area contributed by atoms with E-state index in [9.17, 15) is 14.4 Å². The van der Waals surface area contributed by atoms with E-state index in [0.717, 1.165) is 0 Å². The smallest absolute Gasteiger partial charge is 0.407 e. The van der Waals surface area contributed by atoms with Gasteiger partial charge in [0.1, 0.15) is 6.54 Å². The first-order chi connectivity index (χ1) is 10.6. The van der Waals surface area contributed by atoms with Gasteiger partial charge in [0.05, 0.1) is 7.11 Å². The Labute approximate surface area is 136 Å². The second-order valence-corrected chi connectivity index (χ2v) is 7.68. The summed E-state index contributed by atoms with van der Waals surface area (Å²) < 4.78 is 4.73. The molecule has 7 heteroatoms. The van der Waals surface area contributed by atoms with Gasteiger partial charge in [0.2, 0.25) is 5.91 Å². The van der Waals surface area contributed by atoms with E-state index in [-0.39, 0.29) is 29.3 Å². The molecule has 2 fully saturated rings. The van der Waals surface area contributed by atoms with Crippen molar-refractivity contribution in [1.82, 2.24) is 9.80 Å². The van der Waals surface area contributed by atoms with Crippen LogP contribution in [0.2, 0.25) is 0 Å². The van der Waals surface area contributed by atoms with E-state index in [1.54, 1.807) is 4.90 Å². The molecule has 2 aliphatic rings. The van der Waals surface area contributed by atoms with Crippen LogP contribution >= 0.6 is 0 Å². The highest BCUT2D eigenvalue weighted by atomic mass is 16.5. The average molecular weight is 326 g/mol. The van der Waals surface area contributed by atoms with Crippen molar-refractivity contribution in [1.29, 1.82) is 0 Å². The molecular formula is C16H26N2O5. The molecule has 0 saturated carbocycles. The number of hydrogen-bond donors (Lipinski definition) is 1. The van der Waals surface area contributed by atoms with Crippen LogP contribution in [-0.4, -0.2) is 65.7 Å². The minimum atomic E-state index is -0.914. The Bertz CT molecular complexity index is 503. The third-order valence-corrected chi connectivity index (χ3v) is 5.09. The lowest BCUT2D eigenvalue weighted by Gasteiger charge is -2.48. The Morgan fingerprint density at radius 3 is 2.30 bits per heavy atom. The van der Waals surface area contributed by atoms with Crippen LogP contribution in [0.4, 0.5) is 4.79 Å². The van der Waals surface area contributed by atoms with E-state index in [1.165, 1.54) is 12.0 Å². The second kappa shape index (κ2) is 6.02. The van der Waals surface area contributed by atoms with Crippen molar-refractivity contribution in [3.8, 4) is 0 Å². The minimum Gasteiger partial charge on any atom is -0.468 e. The van der Waals surface area contributed by atoms with Gasteiger partial charge >= 0.3 is 12.1 Å². The molecule has 1 N–H and O–H groups in total. The molecule has 2 saturated heterocycles. The van der Waals surface area contributed by atoms with Gasteiger partial charge in [0.25, 0.3) is 0 Å². The molecule has 23 heavy (non-hydrogen) atoms. The zero-order chi connectivity index (χ0) is 17.4. The Balaban J connectivity index is 2.27. The highest BCUT2D eigenvalue weighted by Gasteiger charge is 2.57. The van der Waals surface area contributed by atoms with Crippen LogP contribution in [-0.2, 0) is 14.3 Å². The van der Waals surface area contributed by atoms with Crippen LogP contribution in [0.5, 0.6) is 0 Å². The first kappa shape index (κ1) is 17.6. The highest BCUT2D eigenvalue weighted by molar-refractivity contribution is 5.85. The minimum absolute atomic E-state index is 0.0400. The van der Waals surface area contributed by atoms with Crippen molar-refractivity contribution < 1.29 is 24.2 Å². The Hall–Kier alpha value is -1.79. The molecule has 2 rings (SSSR count). The van der Waals surface area contributed by atoms with E-state index in [0.29, 0.717) is 32.4 Å². The molecule has 7 nitrogen and oxygen atoms in total. The van der Waals surface area contributed by atoms with Crippen LogP contribution in [0.25, 0.3) is 0 Å². The number of carboxylic acid groups (broad SMARTS) is 1. The van der Waals surface area contributed by atoms with Gasteiger partial charge in [0.15, 0.2) is 0 Å². The van der Waals surface area contributed by atoms with E-state index >= 15 is 0 Å². The molecule has 2 heterocycles. The van der Waals surface area contributed by atoms with Crippen molar-refractivity contribution in [2.75, 3.05) is 26.7 Å². The summed E-state index contributed by atoms with van der Waals surface area (Å²) in [6, 6.07) is -0.0995. The summed E-state index contributed by atoms with van der Waals surface area (Å²) in [6.45, 7) is 7.01. The Kier molecular flexibility index (Phi) is 4.59. The van der Waals surface area contributed by atoms with Crippen molar-refractivity contribution in [2.45, 2.75) is 46.1 Å². The molecular weight excluding hydrogens is 300 g/mol. The predicted octanol–water partition coefficient (Wildman–Crippen LogP) is 1.57. The zero-order valence-electron chi connectivity index (χ0n) is 14.3. The lowest BCUT2D eigenvalue weighted by atomic mass is 9.64. The largest absolute Gasteiger partial charge is 0.468 e. The highest BCUT2D eigenvalue weighted by Crippen LogP contribution is 2.52. The number of carbonyl (C=O) groups excluding carboxylic acids is 2. The SMILES string of the molecule is COC(=O)CN1C(=O)CC2(CCN(C(=O)O)CC2)C1C(C)(C)C. The van der Waals surface area contributed by atoms with Crippen molar-refractivity contribution in [2.24, 2.45) is 10.8 Å². The number of piperidine rings is 1. The Morgan fingerprint density at radius 2 is 1.87 bits per heavy atom.